The third-order valence-corrected chi connectivity index (χ3v) is 4.45. The third-order valence-electron chi connectivity index (χ3n) is 4.45. The van der Waals surface area contributed by atoms with Crippen molar-refractivity contribution in [1.82, 2.24) is 9.80 Å². The lowest BCUT2D eigenvalue weighted by molar-refractivity contribution is 0.0808. The average Bonchev–Trinajstić information content (AvgIpc) is 2.30. The highest BCUT2D eigenvalue weighted by Crippen LogP contribution is 2.29. The molecular formula is C13H26N2. The van der Waals surface area contributed by atoms with E-state index in [4.69, 9.17) is 0 Å². The Balaban J connectivity index is 1.75. The second-order valence-corrected chi connectivity index (χ2v) is 5.42. The van der Waals surface area contributed by atoms with Crippen LogP contribution in [0.4, 0.5) is 0 Å². The SMILES string of the molecule is CCC1CCC(N2CCN(C)CC2)CC1. The first kappa shape index (κ1) is 11.4. The van der Waals surface area contributed by atoms with Crippen LogP contribution >= 0.6 is 0 Å². The molecule has 1 heterocycles. The molecule has 0 N–H and O–H groups in total. The smallest absolute Gasteiger partial charge is 0.0113 e. The van der Waals surface area contributed by atoms with Crippen molar-refractivity contribution in [2.45, 2.75) is 45.1 Å². The summed E-state index contributed by atoms with van der Waals surface area (Å²) in [5.41, 5.74) is 0. The molecule has 0 bridgehead atoms. The monoisotopic (exact) mass is 210 g/mol. The molecule has 1 aliphatic carbocycles. The van der Waals surface area contributed by atoms with Gasteiger partial charge in [-0.3, -0.25) is 4.90 Å². The normalized spacial score (nSPS) is 35.6. The van der Waals surface area contributed by atoms with Crippen LogP contribution in [0.25, 0.3) is 0 Å². The standard InChI is InChI=1S/C13H26N2/c1-3-12-4-6-13(7-5-12)15-10-8-14(2)9-11-15/h12-13H,3-11H2,1-2H3. The molecule has 0 aromatic carbocycles. The highest BCUT2D eigenvalue weighted by molar-refractivity contribution is 4.82. The minimum Gasteiger partial charge on any atom is -0.304 e. The van der Waals surface area contributed by atoms with Gasteiger partial charge in [0.25, 0.3) is 0 Å². The highest BCUT2D eigenvalue weighted by Gasteiger charge is 2.26. The molecule has 2 nitrogen and oxygen atoms in total. The topological polar surface area (TPSA) is 6.48 Å². The first-order valence-electron chi connectivity index (χ1n) is 6.72. The summed E-state index contributed by atoms with van der Waals surface area (Å²) < 4.78 is 0. The lowest BCUT2D eigenvalue weighted by Crippen LogP contribution is -2.49. The molecule has 0 atom stereocenters. The van der Waals surface area contributed by atoms with Crippen molar-refractivity contribution in [3.05, 3.63) is 0 Å². The minimum absolute atomic E-state index is 0.918. The van der Waals surface area contributed by atoms with E-state index in [-0.39, 0.29) is 0 Å². The minimum atomic E-state index is 0.918. The molecule has 0 aromatic heterocycles. The Morgan fingerprint density at radius 2 is 1.53 bits per heavy atom. The van der Waals surface area contributed by atoms with Crippen molar-refractivity contribution in [3.8, 4) is 0 Å². The predicted octanol–water partition coefficient (Wildman–Crippen LogP) is 2.20. The molecular weight excluding hydrogens is 184 g/mol. The van der Waals surface area contributed by atoms with Crippen LogP contribution in [0, 0.1) is 5.92 Å². The van der Waals surface area contributed by atoms with Crippen LogP contribution in [0.15, 0.2) is 0 Å². The Morgan fingerprint density at radius 3 is 2.07 bits per heavy atom. The summed E-state index contributed by atoms with van der Waals surface area (Å²) in [6.07, 6.45) is 7.28. The fourth-order valence-corrected chi connectivity index (χ4v) is 3.11. The van der Waals surface area contributed by atoms with Crippen molar-refractivity contribution >= 4 is 0 Å². The van der Waals surface area contributed by atoms with E-state index in [0.717, 1.165) is 12.0 Å². The fourth-order valence-electron chi connectivity index (χ4n) is 3.11. The lowest BCUT2D eigenvalue weighted by atomic mass is 9.84. The molecule has 1 aliphatic heterocycles. The third kappa shape index (κ3) is 2.94. The molecule has 2 heteroatoms. The van der Waals surface area contributed by atoms with E-state index in [1.165, 1.54) is 58.3 Å². The van der Waals surface area contributed by atoms with Crippen LogP contribution in [0.2, 0.25) is 0 Å². The first-order valence-corrected chi connectivity index (χ1v) is 6.72. The van der Waals surface area contributed by atoms with E-state index in [1.54, 1.807) is 0 Å². The Morgan fingerprint density at radius 1 is 0.933 bits per heavy atom. The van der Waals surface area contributed by atoms with E-state index in [9.17, 15) is 0 Å². The van der Waals surface area contributed by atoms with Crippen LogP contribution in [0.1, 0.15) is 39.0 Å². The number of nitrogens with zero attached hydrogens (tertiary/aromatic N) is 2. The molecule has 0 aromatic rings. The van der Waals surface area contributed by atoms with Gasteiger partial charge in [0.2, 0.25) is 0 Å². The molecule has 1 saturated heterocycles. The summed E-state index contributed by atoms with van der Waals surface area (Å²) in [4.78, 5) is 5.19. The molecule has 0 radical (unpaired) electrons. The van der Waals surface area contributed by atoms with Crippen molar-refractivity contribution < 1.29 is 0 Å². The van der Waals surface area contributed by atoms with Crippen molar-refractivity contribution in [3.63, 3.8) is 0 Å². The van der Waals surface area contributed by atoms with Gasteiger partial charge < -0.3 is 4.90 Å². The van der Waals surface area contributed by atoms with Gasteiger partial charge in [-0.2, -0.15) is 0 Å². The summed E-state index contributed by atoms with van der Waals surface area (Å²) in [7, 11) is 2.24. The van der Waals surface area contributed by atoms with Crippen LogP contribution in [-0.2, 0) is 0 Å². The largest absolute Gasteiger partial charge is 0.304 e. The molecule has 0 spiro atoms. The molecule has 2 fully saturated rings. The first-order chi connectivity index (χ1) is 7.29. The Kier molecular flexibility index (Phi) is 4.04. The van der Waals surface area contributed by atoms with Gasteiger partial charge in [-0.25, -0.2) is 0 Å². The van der Waals surface area contributed by atoms with Crippen molar-refractivity contribution in [2.24, 2.45) is 5.92 Å². The molecule has 2 rings (SSSR count). The summed E-state index contributed by atoms with van der Waals surface area (Å²) in [6, 6.07) is 0.918. The highest BCUT2D eigenvalue weighted by atomic mass is 15.3. The average molecular weight is 210 g/mol. The van der Waals surface area contributed by atoms with Crippen molar-refractivity contribution in [1.29, 1.82) is 0 Å². The molecule has 2 aliphatic rings. The number of likely N-dealkylation sites (N-methyl/N-ethyl adjacent to an activating group) is 1. The number of rotatable bonds is 2. The van der Waals surface area contributed by atoms with Gasteiger partial charge >= 0.3 is 0 Å². The Hall–Kier alpha value is -0.0800. The van der Waals surface area contributed by atoms with Gasteiger partial charge in [0.05, 0.1) is 0 Å². The molecule has 1 saturated carbocycles. The Bertz CT molecular complexity index is 177. The van der Waals surface area contributed by atoms with Gasteiger partial charge in [0.1, 0.15) is 0 Å². The van der Waals surface area contributed by atoms with E-state index in [2.05, 4.69) is 23.8 Å². The second-order valence-electron chi connectivity index (χ2n) is 5.42. The zero-order valence-corrected chi connectivity index (χ0v) is 10.4. The van der Waals surface area contributed by atoms with E-state index in [0.29, 0.717) is 0 Å². The summed E-state index contributed by atoms with van der Waals surface area (Å²) in [5, 5.41) is 0. The quantitative estimate of drug-likeness (QED) is 0.689. The summed E-state index contributed by atoms with van der Waals surface area (Å²) >= 11 is 0. The van der Waals surface area contributed by atoms with Crippen LogP contribution in [0.5, 0.6) is 0 Å². The zero-order chi connectivity index (χ0) is 10.7. The number of piperazine rings is 1. The fraction of sp³-hybridized carbons (Fsp3) is 1.00. The number of hydrogen-bond acceptors (Lipinski definition) is 2. The maximum atomic E-state index is 2.74. The van der Waals surface area contributed by atoms with E-state index >= 15 is 0 Å². The van der Waals surface area contributed by atoms with E-state index in [1.807, 2.05) is 0 Å². The van der Waals surface area contributed by atoms with Gasteiger partial charge in [-0.1, -0.05) is 13.3 Å². The zero-order valence-electron chi connectivity index (χ0n) is 10.4. The molecule has 0 unspecified atom stereocenters. The van der Waals surface area contributed by atoms with Crippen LogP contribution in [0.3, 0.4) is 0 Å². The lowest BCUT2D eigenvalue weighted by Gasteiger charge is -2.41. The van der Waals surface area contributed by atoms with Crippen molar-refractivity contribution in [2.75, 3.05) is 33.2 Å². The van der Waals surface area contributed by atoms with Gasteiger partial charge in [-0.05, 0) is 38.6 Å². The predicted molar refractivity (Wildman–Crippen MR) is 65.1 cm³/mol. The van der Waals surface area contributed by atoms with Crippen LogP contribution < -0.4 is 0 Å². The number of hydrogen-bond donors (Lipinski definition) is 0. The molecule has 0 amide bonds. The summed E-state index contributed by atoms with van der Waals surface area (Å²) in [5.74, 6) is 1.04. The summed E-state index contributed by atoms with van der Waals surface area (Å²) in [6.45, 7) is 7.50. The molecule has 88 valence electrons. The van der Waals surface area contributed by atoms with Crippen LogP contribution in [-0.4, -0.2) is 49.1 Å². The second kappa shape index (κ2) is 5.31. The molecule has 15 heavy (non-hydrogen) atoms. The van der Waals surface area contributed by atoms with Gasteiger partial charge in [-0.15, -0.1) is 0 Å². The maximum Gasteiger partial charge on any atom is 0.0113 e. The van der Waals surface area contributed by atoms with Gasteiger partial charge in [0.15, 0.2) is 0 Å². The van der Waals surface area contributed by atoms with Gasteiger partial charge in [0, 0.05) is 32.2 Å². The van der Waals surface area contributed by atoms with E-state index < -0.39 is 0 Å². The Labute approximate surface area is 94.6 Å². The maximum absolute atomic E-state index is 2.74.